The largest absolute Gasteiger partial charge is 0.379 e. The van der Waals surface area contributed by atoms with Crippen LogP contribution < -0.4 is 10.6 Å². The summed E-state index contributed by atoms with van der Waals surface area (Å²) in [5.41, 5.74) is 2.45. The lowest BCUT2D eigenvalue weighted by Crippen LogP contribution is -2.42. The predicted molar refractivity (Wildman–Crippen MR) is 101 cm³/mol. The normalized spacial score (nSPS) is 15.3. The number of rotatable bonds is 8. The van der Waals surface area contributed by atoms with Gasteiger partial charge in [0, 0.05) is 31.9 Å². The zero-order valence-electron chi connectivity index (χ0n) is 14.1. The van der Waals surface area contributed by atoms with E-state index in [0.29, 0.717) is 5.11 Å². The number of aryl methyl sites for hydroxylation is 1. The molecule has 2 N–H and O–H groups in total. The van der Waals surface area contributed by atoms with Crippen molar-refractivity contribution in [1.82, 2.24) is 10.2 Å². The number of anilines is 1. The van der Waals surface area contributed by atoms with Crippen molar-refractivity contribution >= 4 is 23.0 Å². The van der Waals surface area contributed by atoms with Crippen molar-refractivity contribution in [3.05, 3.63) is 29.8 Å². The fourth-order valence-corrected chi connectivity index (χ4v) is 2.88. The van der Waals surface area contributed by atoms with Crippen LogP contribution in [0.5, 0.6) is 0 Å². The van der Waals surface area contributed by atoms with Gasteiger partial charge in [-0.3, -0.25) is 4.90 Å². The number of nitrogens with one attached hydrogen (secondary N) is 2. The van der Waals surface area contributed by atoms with Crippen LogP contribution >= 0.6 is 12.2 Å². The third-order valence-corrected chi connectivity index (χ3v) is 4.34. The molecule has 1 fully saturated rings. The highest BCUT2D eigenvalue weighted by molar-refractivity contribution is 7.80. The average molecular weight is 336 g/mol. The van der Waals surface area contributed by atoms with Crippen LogP contribution in [0.25, 0.3) is 0 Å². The Morgan fingerprint density at radius 3 is 2.61 bits per heavy atom. The number of morpholine rings is 1. The molecule has 1 aromatic carbocycles. The molecule has 1 aliphatic rings. The molecule has 5 heteroatoms. The number of nitrogens with zero attached hydrogens (tertiary/aromatic N) is 1. The van der Waals surface area contributed by atoms with Crippen LogP contribution in [-0.2, 0) is 11.2 Å². The van der Waals surface area contributed by atoms with Crippen molar-refractivity contribution in [2.45, 2.75) is 32.6 Å². The van der Waals surface area contributed by atoms with Gasteiger partial charge in [-0.1, -0.05) is 31.9 Å². The fourth-order valence-electron chi connectivity index (χ4n) is 2.66. The van der Waals surface area contributed by atoms with Crippen LogP contribution in [0.3, 0.4) is 0 Å². The van der Waals surface area contributed by atoms with Gasteiger partial charge in [0.15, 0.2) is 5.11 Å². The van der Waals surface area contributed by atoms with Gasteiger partial charge in [-0.25, -0.2) is 0 Å². The summed E-state index contributed by atoms with van der Waals surface area (Å²) in [5.74, 6) is 0. The molecule has 0 amide bonds. The number of hydrogen-bond acceptors (Lipinski definition) is 3. The minimum absolute atomic E-state index is 0.692. The topological polar surface area (TPSA) is 36.5 Å². The third kappa shape index (κ3) is 7.29. The molecule has 23 heavy (non-hydrogen) atoms. The van der Waals surface area contributed by atoms with E-state index in [9.17, 15) is 0 Å². The van der Waals surface area contributed by atoms with Gasteiger partial charge in [0.05, 0.1) is 13.2 Å². The Hall–Kier alpha value is -1.17. The third-order valence-electron chi connectivity index (χ3n) is 4.10. The summed E-state index contributed by atoms with van der Waals surface area (Å²) in [5, 5.41) is 7.22. The van der Waals surface area contributed by atoms with Gasteiger partial charge < -0.3 is 15.4 Å². The molecule has 1 saturated heterocycles. The molecule has 1 heterocycles. The smallest absolute Gasteiger partial charge is 0.170 e. The van der Waals surface area contributed by atoms with E-state index in [1.54, 1.807) is 0 Å². The molecule has 0 atom stereocenters. The van der Waals surface area contributed by atoms with Crippen LogP contribution in [0.2, 0.25) is 0 Å². The molecular weight excluding hydrogens is 306 g/mol. The SMILES string of the molecule is CCCCCc1ccc(NC(=S)NCCN2CCOCC2)cc1. The first kappa shape index (κ1) is 18.2. The van der Waals surface area contributed by atoms with E-state index >= 15 is 0 Å². The van der Waals surface area contributed by atoms with Crippen molar-refractivity contribution in [3.63, 3.8) is 0 Å². The van der Waals surface area contributed by atoms with Gasteiger partial charge in [0.25, 0.3) is 0 Å². The Labute approximate surface area is 145 Å². The second-order valence-corrected chi connectivity index (χ2v) is 6.40. The number of thiocarbonyl (C=S) groups is 1. The maximum absolute atomic E-state index is 5.36. The van der Waals surface area contributed by atoms with E-state index in [1.165, 1.54) is 24.8 Å². The Kier molecular flexibility index (Phi) is 8.36. The molecule has 0 aliphatic carbocycles. The van der Waals surface area contributed by atoms with Crippen molar-refractivity contribution < 1.29 is 4.74 Å². The van der Waals surface area contributed by atoms with Gasteiger partial charge in [-0.05, 0) is 42.8 Å². The molecule has 0 bridgehead atoms. The zero-order chi connectivity index (χ0) is 16.3. The first-order chi connectivity index (χ1) is 11.3. The van der Waals surface area contributed by atoms with Crippen molar-refractivity contribution in [2.24, 2.45) is 0 Å². The van der Waals surface area contributed by atoms with E-state index in [0.717, 1.165) is 51.5 Å². The van der Waals surface area contributed by atoms with E-state index in [-0.39, 0.29) is 0 Å². The highest BCUT2D eigenvalue weighted by Crippen LogP contribution is 2.12. The molecule has 0 aromatic heterocycles. The molecule has 4 nitrogen and oxygen atoms in total. The lowest BCUT2D eigenvalue weighted by molar-refractivity contribution is 0.0389. The van der Waals surface area contributed by atoms with Crippen LogP contribution in [0.15, 0.2) is 24.3 Å². The summed E-state index contributed by atoms with van der Waals surface area (Å²) in [6.45, 7) is 7.81. The van der Waals surface area contributed by atoms with Gasteiger partial charge in [0.2, 0.25) is 0 Å². The monoisotopic (exact) mass is 335 g/mol. The first-order valence-electron chi connectivity index (χ1n) is 8.72. The Bertz CT molecular complexity index is 458. The Morgan fingerprint density at radius 2 is 1.91 bits per heavy atom. The lowest BCUT2D eigenvalue weighted by Gasteiger charge is -2.26. The van der Waals surface area contributed by atoms with Crippen LogP contribution in [-0.4, -0.2) is 49.4 Å². The quantitative estimate of drug-likeness (QED) is 0.564. The van der Waals surface area contributed by atoms with E-state index in [1.807, 2.05) is 0 Å². The van der Waals surface area contributed by atoms with Crippen LogP contribution in [0.4, 0.5) is 5.69 Å². The summed E-state index contributed by atoms with van der Waals surface area (Å²) in [4.78, 5) is 2.39. The minimum atomic E-state index is 0.692. The molecule has 0 unspecified atom stereocenters. The second kappa shape index (κ2) is 10.6. The molecule has 1 aliphatic heterocycles. The van der Waals surface area contributed by atoms with Crippen molar-refractivity contribution in [3.8, 4) is 0 Å². The van der Waals surface area contributed by atoms with E-state index in [2.05, 4.69) is 46.7 Å². The van der Waals surface area contributed by atoms with Gasteiger partial charge in [0.1, 0.15) is 0 Å². The predicted octanol–water partition coefficient (Wildman–Crippen LogP) is 3.04. The Morgan fingerprint density at radius 1 is 1.17 bits per heavy atom. The number of unbranched alkanes of at least 4 members (excludes halogenated alkanes) is 2. The fraction of sp³-hybridized carbons (Fsp3) is 0.611. The van der Waals surface area contributed by atoms with Crippen molar-refractivity contribution in [1.29, 1.82) is 0 Å². The highest BCUT2D eigenvalue weighted by Gasteiger charge is 2.09. The van der Waals surface area contributed by atoms with Gasteiger partial charge in [-0.15, -0.1) is 0 Å². The summed E-state index contributed by atoms with van der Waals surface area (Å²) in [6, 6.07) is 8.59. The van der Waals surface area contributed by atoms with Gasteiger partial charge >= 0.3 is 0 Å². The number of hydrogen-bond donors (Lipinski definition) is 2. The maximum atomic E-state index is 5.36. The highest BCUT2D eigenvalue weighted by atomic mass is 32.1. The summed E-state index contributed by atoms with van der Waals surface area (Å²) in [7, 11) is 0. The molecule has 128 valence electrons. The van der Waals surface area contributed by atoms with E-state index in [4.69, 9.17) is 17.0 Å². The molecule has 2 rings (SSSR count). The summed E-state index contributed by atoms with van der Waals surface area (Å²) in [6.07, 6.45) is 5.00. The van der Waals surface area contributed by atoms with Gasteiger partial charge in [-0.2, -0.15) is 0 Å². The van der Waals surface area contributed by atoms with Crippen LogP contribution in [0, 0.1) is 0 Å². The zero-order valence-corrected chi connectivity index (χ0v) is 15.0. The maximum Gasteiger partial charge on any atom is 0.170 e. The molecule has 0 saturated carbocycles. The average Bonchev–Trinajstić information content (AvgIpc) is 2.58. The summed E-state index contributed by atoms with van der Waals surface area (Å²) >= 11 is 5.36. The molecule has 1 aromatic rings. The summed E-state index contributed by atoms with van der Waals surface area (Å²) < 4.78 is 5.35. The molecule has 0 radical (unpaired) electrons. The number of ether oxygens (including phenoxy) is 1. The van der Waals surface area contributed by atoms with E-state index < -0.39 is 0 Å². The molecule has 0 spiro atoms. The second-order valence-electron chi connectivity index (χ2n) is 5.99. The molecular formula is C18H29N3OS. The van der Waals surface area contributed by atoms with Crippen molar-refractivity contribution in [2.75, 3.05) is 44.7 Å². The Balaban J connectivity index is 1.64. The first-order valence-corrected chi connectivity index (χ1v) is 9.12. The standard InChI is InChI=1S/C18H29N3OS/c1-2-3-4-5-16-6-8-17(9-7-16)20-18(23)19-10-11-21-12-14-22-15-13-21/h6-9H,2-5,10-15H2,1H3,(H2,19,20,23). The minimum Gasteiger partial charge on any atom is -0.379 e. The lowest BCUT2D eigenvalue weighted by atomic mass is 10.1. The number of benzene rings is 1. The van der Waals surface area contributed by atoms with Crippen LogP contribution in [0.1, 0.15) is 31.7 Å².